The number of aliphatic hydroxyl groups is 2. The number of carbonyl (C=O) groups is 1. The fraction of sp³-hybridized carbons (Fsp3) is 0.348. The molecular weight excluding hydrogens is 340 g/mol. The third-order valence-electron chi connectivity index (χ3n) is 4.62. The molecule has 0 amide bonds. The van der Waals surface area contributed by atoms with E-state index in [9.17, 15) is 4.79 Å². The van der Waals surface area contributed by atoms with E-state index < -0.39 is 11.9 Å². The Morgan fingerprint density at radius 1 is 0.963 bits per heavy atom. The van der Waals surface area contributed by atoms with E-state index >= 15 is 0 Å². The molecular formula is C23H28O4. The highest BCUT2D eigenvalue weighted by Crippen LogP contribution is 2.24. The number of hydrogen-bond donors (Lipinski definition) is 2. The molecule has 0 aromatic heterocycles. The third-order valence-corrected chi connectivity index (χ3v) is 4.62. The second kappa shape index (κ2) is 10.7. The van der Waals surface area contributed by atoms with E-state index in [4.69, 9.17) is 14.9 Å². The zero-order valence-corrected chi connectivity index (χ0v) is 15.9. The SMILES string of the molecule is C=C(C(=O)Oc1ccc(-c2ccc(CCCCC)cc2)cc1)C(CO)CO. The number of ether oxygens (including phenoxy) is 1. The molecule has 0 aliphatic carbocycles. The van der Waals surface area contributed by atoms with Gasteiger partial charge in [0.05, 0.1) is 13.2 Å². The fourth-order valence-corrected chi connectivity index (χ4v) is 2.78. The molecule has 0 atom stereocenters. The van der Waals surface area contributed by atoms with Crippen LogP contribution in [0.5, 0.6) is 5.75 Å². The predicted molar refractivity (Wildman–Crippen MR) is 108 cm³/mol. The first-order valence-electron chi connectivity index (χ1n) is 9.41. The minimum atomic E-state index is -0.701. The van der Waals surface area contributed by atoms with Crippen LogP contribution in [0.4, 0.5) is 0 Å². The van der Waals surface area contributed by atoms with Crippen LogP contribution in [0.2, 0.25) is 0 Å². The van der Waals surface area contributed by atoms with Crippen molar-refractivity contribution in [3.63, 3.8) is 0 Å². The molecule has 0 unspecified atom stereocenters. The minimum absolute atomic E-state index is 0.0581. The zero-order chi connectivity index (χ0) is 19.6. The summed E-state index contributed by atoms with van der Waals surface area (Å²) < 4.78 is 5.26. The Balaban J connectivity index is 1.98. The lowest BCUT2D eigenvalue weighted by Crippen LogP contribution is -2.22. The maximum atomic E-state index is 12.0. The molecule has 2 aromatic rings. The highest BCUT2D eigenvalue weighted by Gasteiger charge is 2.19. The molecule has 0 saturated carbocycles. The molecule has 0 bridgehead atoms. The van der Waals surface area contributed by atoms with Gasteiger partial charge in [-0.15, -0.1) is 0 Å². The molecule has 0 aliphatic heterocycles. The lowest BCUT2D eigenvalue weighted by molar-refractivity contribution is -0.131. The Morgan fingerprint density at radius 3 is 2.04 bits per heavy atom. The van der Waals surface area contributed by atoms with Crippen LogP contribution < -0.4 is 4.74 Å². The number of rotatable bonds is 10. The van der Waals surface area contributed by atoms with Crippen LogP contribution >= 0.6 is 0 Å². The molecule has 2 N–H and O–H groups in total. The van der Waals surface area contributed by atoms with E-state index in [1.54, 1.807) is 12.1 Å². The number of hydrogen-bond acceptors (Lipinski definition) is 4. The Bertz CT molecular complexity index is 728. The lowest BCUT2D eigenvalue weighted by atomic mass is 10.0. The summed E-state index contributed by atoms with van der Waals surface area (Å²) in [7, 11) is 0. The topological polar surface area (TPSA) is 66.8 Å². The van der Waals surface area contributed by atoms with E-state index in [2.05, 4.69) is 37.8 Å². The zero-order valence-electron chi connectivity index (χ0n) is 15.9. The second-order valence-corrected chi connectivity index (χ2v) is 6.66. The van der Waals surface area contributed by atoms with Crippen LogP contribution in [0, 0.1) is 5.92 Å². The highest BCUT2D eigenvalue weighted by atomic mass is 16.5. The number of aliphatic hydroxyl groups excluding tert-OH is 2. The van der Waals surface area contributed by atoms with E-state index in [1.165, 1.54) is 24.8 Å². The molecule has 27 heavy (non-hydrogen) atoms. The minimum Gasteiger partial charge on any atom is -0.423 e. The lowest BCUT2D eigenvalue weighted by Gasteiger charge is -2.13. The highest BCUT2D eigenvalue weighted by molar-refractivity contribution is 5.90. The molecule has 0 spiro atoms. The van der Waals surface area contributed by atoms with Crippen LogP contribution in [0.1, 0.15) is 31.7 Å². The molecule has 2 aromatic carbocycles. The van der Waals surface area contributed by atoms with Gasteiger partial charge in [-0.2, -0.15) is 0 Å². The molecule has 0 aliphatic rings. The van der Waals surface area contributed by atoms with Crippen molar-refractivity contribution in [1.29, 1.82) is 0 Å². The molecule has 0 radical (unpaired) electrons. The summed E-state index contributed by atoms with van der Waals surface area (Å²) in [5.74, 6) is -0.949. The van der Waals surface area contributed by atoms with Crippen molar-refractivity contribution >= 4 is 5.97 Å². The third kappa shape index (κ3) is 6.05. The van der Waals surface area contributed by atoms with Gasteiger partial charge in [0.15, 0.2) is 0 Å². The quantitative estimate of drug-likeness (QED) is 0.286. The van der Waals surface area contributed by atoms with Crippen molar-refractivity contribution in [1.82, 2.24) is 0 Å². The van der Waals surface area contributed by atoms with Crippen LogP contribution in [-0.4, -0.2) is 29.4 Å². The first-order chi connectivity index (χ1) is 13.1. The maximum absolute atomic E-state index is 12.0. The van der Waals surface area contributed by atoms with Gasteiger partial charge in [0.2, 0.25) is 0 Å². The molecule has 0 saturated heterocycles. The smallest absolute Gasteiger partial charge is 0.339 e. The summed E-state index contributed by atoms with van der Waals surface area (Å²) in [6.07, 6.45) is 4.80. The largest absolute Gasteiger partial charge is 0.423 e. The summed E-state index contributed by atoms with van der Waals surface area (Å²) in [5, 5.41) is 18.3. The van der Waals surface area contributed by atoms with Gasteiger partial charge < -0.3 is 14.9 Å². The van der Waals surface area contributed by atoms with Crippen LogP contribution in [0.15, 0.2) is 60.7 Å². The average molecular weight is 368 g/mol. The summed E-state index contributed by atoms with van der Waals surface area (Å²) >= 11 is 0. The van der Waals surface area contributed by atoms with E-state index in [0.717, 1.165) is 17.5 Å². The van der Waals surface area contributed by atoms with Gasteiger partial charge in [0, 0.05) is 11.5 Å². The Labute approximate surface area is 161 Å². The summed E-state index contributed by atoms with van der Waals surface area (Å²) in [4.78, 5) is 12.0. The Morgan fingerprint density at radius 2 is 1.52 bits per heavy atom. The molecule has 2 rings (SSSR count). The first kappa shape index (κ1) is 20.9. The van der Waals surface area contributed by atoms with E-state index in [-0.39, 0.29) is 18.8 Å². The molecule has 144 valence electrons. The van der Waals surface area contributed by atoms with Crippen LogP contribution in [0.25, 0.3) is 11.1 Å². The van der Waals surface area contributed by atoms with Crippen LogP contribution in [-0.2, 0) is 11.2 Å². The predicted octanol–water partition coefficient (Wildman–Crippen LogP) is 4.15. The van der Waals surface area contributed by atoms with Gasteiger partial charge in [0.25, 0.3) is 0 Å². The second-order valence-electron chi connectivity index (χ2n) is 6.66. The number of benzene rings is 2. The van der Waals surface area contributed by atoms with Crippen molar-refractivity contribution in [3.8, 4) is 16.9 Å². The Hall–Kier alpha value is -2.43. The first-order valence-corrected chi connectivity index (χ1v) is 9.41. The van der Waals surface area contributed by atoms with Crippen molar-refractivity contribution in [3.05, 3.63) is 66.2 Å². The number of aryl methyl sites for hydroxylation is 1. The van der Waals surface area contributed by atoms with Gasteiger partial charge in [-0.1, -0.05) is 62.7 Å². The van der Waals surface area contributed by atoms with Crippen molar-refractivity contribution in [2.75, 3.05) is 13.2 Å². The normalized spacial score (nSPS) is 10.8. The Kier molecular flexibility index (Phi) is 8.24. The number of esters is 1. The fourth-order valence-electron chi connectivity index (χ4n) is 2.78. The standard InChI is InChI=1S/C23H28O4/c1-3-4-5-6-18-7-9-19(10-8-18)20-11-13-22(14-12-20)27-23(26)17(2)21(15-24)16-25/h7-14,21,24-25H,2-6,15-16H2,1H3. The summed E-state index contributed by atoms with van der Waals surface area (Å²) in [6, 6.07) is 15.8. The van der Waals surface area contributed by atoms with Crippen molar-refractivity contribution in [2.45, 2.75) is 32.6 Å². The maximum Gasteiger partial charge on any atom is 0.339 e. The van der Waals surface area contributed by atoms with Gasteiger partial charge in [-0.25, -0.2) is 4.79 Å². The summed E-state index contributed by atoms with van der Waals surface area (Å²) in [5.41, 5.74) is 3.55. The van der Waals surface area contributed by atoms with Gasteiger partial charge in [-0.3, -0.25) is 0 Å². The van der Waals surface area contributed by atoms with E-state index in [1.807, 2.05) is 12.1 Å². The number of carbonyl (C=O) groups excluding carboxylic acids is 1. The molecule has 0 heterocycles. The van der Waals surface area contributed by atoms with Crippen LogP contribution in [0.3, 0.4) is 0 Å². The van der Waals surface area contributed by atoms with E-state index in [0.29, 0.717) is 5.75 Å². The van der Waals surface area contributed by atoms with Gasteiger partial charge >= 0.3 is 5.97 Å². The summed E-state index contributed by atoms with van der Waals surface area (Å²) in [6.45, 7) is 5.11. The average Bonchev–Trinajstić information content (AvgIpc) is 2.70. The monoisotopic (exact) mass is 368 g/mol. The number of unbranched alkanes of at least 4 members (excludes halogenated alkanes) is 2. The molecule has 0 fully saturated rings. The van der Waals surface area contributed by atoms with Crippen molar-refractivity contribution < 1.29 is 19.7 Å². The van der Waals surface area contributed by atoms with Crippen molar-refractivity contribution in [2.24, 2.45) is 5.92 Å². The van der Waals surface area contributed by atoms with Gasteiger partial charge in [0.1, 0.15) is 5.75 Å². The van der Waals surface area contributed by atoms with Gasteiger partial charge in [-0.05, 0) is 41.7 Å². The molecule has 4 nitrogen and oxygen atoms in total. The molecule has 4 heteroatoms.